The third-order valence-electron chi connectivity index (χ3n) is 5.96. The number of nitrogens with zero attached hydrogens (tertiary/aromatic N) is 1. The Morgan fingerprint density at radius 1 is 1.16 bits per heavy atom. The third-order valence-corrected chi connectivity index (χ3v) is 9.76. The molecule has 0 aromatic carbocycles. The van der Waals surface area contributed by atoms with Crippen LogP contribution in [0.15, 0.2) is 4.99 Å². The van der Waals surface area contributed by atoms with E-state index < -0.39 is 0 Å². The van der Waals surface area contributed by atoms with E-state index in [-0.39, 0.29) is 36.1 Å². The Kier molecular flexibility index (Phi) is 6.93. The van der Waals surface area contributed by atoms with Crippen molar-refractivity contribution in [1.29, 1.82) is 0 Å². The first-order valence-electron chi connectivity index (χ1n) is 9.71. The van der Waals surface area contributed by atoms with Crippen molar-refractivity contribution in [1.82, 2.24) is 5.32 Å². The number of hydrogen-bond acceptors (Lipinski definition) is 3. The monoisotopic (exact) mass is 573 g/mol. The average molecular weight is 573 g/mol. The van der Waals surface area contributed by atoms with Crippen molar-refractivity contribution in [2.75, 3.05) is 7.05 Å². The van der Waals surface area contributed by atoms with E-state index in [9.17, 15) is 4.79 Å². The molecule has 1 amide bonds. The topological polar surface area (TPSA) is 50.7 Å². The Balaban J connectivity index is 1.47. The van der Waals surface area contributed by atoms with E-state index in [1.54, 1.807) is 0 Å². The molecular weight excluding hydrogens is 542 g/mol. The Labute approximate surface area is 176 Å². The number of carbonyl (C=O) groups excluding carboxylic acids is 1. The first-order chi connectivity index (χ1) is 12.0. The first kappa shape index (κ1) is 20.1. The molecule has 144 valence electrons. The number of alkyl halides is 2. The van der Waals surface area contributed by atoms with Crippen molar-refractivity contribution < 1.29 is 30.7 Å². The van der Waals surface area contributed by atoms with Gasteiger partial charge in [0.05, 0.1) is 0 Å². The zero-order valence-corrected chi connectivity index (χ0v) is 19.8. The summed E-state index contributed by atoms with van der Waals surface area (Å²) in [4.78, 5) is 15.8. The summed E-state index contributed by atoms with van der Waals surface area (Å²) in [6.45, 7) is 2.26. The first-order valence-corrected chi connectivity index (χ1v) is 13.3. The summed E-state index contributed by atoms with van der Waals surface area (Å²) in [6, 6.07) is 0. The molecule has 1 unspecified atom stereocenters. The Morgan fingerprint density at radius 3 is 2.24 bits per heavy atom. The van der Waals surface area contributed by atoms with Gasteiger partial charge in [-0.15, -0.1) is 0 Å². The standard InChI is InChI=1S/C19H31I2N2O2/c1-14(21-15-9-7-5-3-4-6-8-10-15)25-16(22-2)18-11-19(12-18,13-18)23-17(20)24/h14-15H,3-13H2,1-2H3,(H,23,24)/q-1. The molecule has 4 nitrogen and oxygen atoms in total. The minimum absolute atomic E-state index is 0.0456. The van der Waals surface area contributed by atoms with Gasteiger partial charge < -0.3 is 0 Å². The van der Waals surface area contributed by atoms with Crippen molar-refractivity contribution in [2.45, 2.75) is 91.1 Å². The molecule has 0 heterocycles. The summed E-state index contributed by atoms with van der Waals surface area (Å²) >= 11 is 1.88. The van der Waals surface area contributed by atoms with Gasteiger partial charge in [0, 0.05) is 0 Å². The van der Waals surface area contributed by atoms with Gasteiger partial charge in [-0.05, 0) is 0 Å². The van der Waals surface area contributed by atoms with Crippen LogP contribution in [-0.4, -0.2) is 30.4 Å². The van der Waals surface area contributed by atoms with E-state index in [1.807, 2.05) is 29.6 Å². The molecule has 4 aliphatic carbocycles. The van der Waals surface area contributed by atoms with Crippen LogP contribution in [0.1, 0.15) is 77.6 Å². The van der Waals surface area contributed by atoms with Crippen LogP contribution in [0, 0.1) is 5.41 Å². The second-order valence-electron chi connectivity index (χ2n) is 8.10. The van der Waals surface area contributed by atoms with Gasteiger partial charge in [0.1, 0.15) is 0 Å². The van der Waals surface area contributed by atoms with E-state index in [0.717, 1.165) is 29.1 Å². The van der Waals surface area contributed by atoms with Crippen molar-refractivity contribution >= 4 is 32.4 Å². The molecule has 0 radical (unpaired) electrons. The summed E-state index contributed by atoms with van der Waals surface area (Å²) in [5.74, 6) is 0.965. The van der Waals surface area contributed by atoms with E-state index in [0.29, 0.717) is 4.11 Å². The molecule has 4 fully saturated rings. The molecule has 6 heteroatoms. The van der Waals surface area contributed by atoms with Crippen LogP contribution in [0.3, 0.4) is 0 Å². The third kappa shape index (κ3) is 4.82. The molecule has 4 aliphatic rings. The molecule has 2 bridgehead atoms. The maximum atomic E-state index is 11.3. The maximum absolute atomic E-state index is 11.3. The number of ether oxygens (including phenoxy) is 1. The van der Waals surface area contributed by atoms with Crippen molar-refractivity contribution in [3.05, 3.63) is 0 Å². The normalized spacial score (nSPS) is 34.8. The number of hydrogen-bond donors (Lipinski definition) is 1. The van der Waals surface area contributed by atoms with Gasteiger partial charge in [0.2, 0.25) is 0 Å². The average Bonchev–Trinajstić information content (AvgIpc) is 2.61. The van der Waals surface area contributed by atoms with Crippen LogP contribution < -0.4 is 26.5 Å². The molecule has 0 spiro atoms. The summed E-state index contributed by atoms with van der Waals surface area (Å²) in [5, 5.41) is 3.11. The number of nitrogens with one attached hydrogen (secondary N) is 1. The van der Waals surface area contributed by atoms with Crippen molar-refractivity contribution in [2.24, 2.45) is 10.4 Å². The molecule has 1 atom stereocenters. The number of rotatable bonds is 5. The number of carbonyl (C=O) groups is 1. The van der Waals surface area contributed by atoms with Gasteiger partial charge in [0.25, 0.3) is 0 Å². The minimum atomic E-state index is 0.0456. The van der Waals surface area contributed by atoms with Gasteiger partial charge in [-0.3, -0.25) is 0 Å². The molecule has 0 saturated heterocycles. The summed E-state index contributed by atoms with van der Waals surface area (Å²) in [6.07, 6.45) is 14.4. The van der Waals surface area contributed by atoms with Gasteiger partial charge in [0.15, 0.2) is 0 Å². The van der Waals surface area contributed by atoms with Crippen LogP contribution in [0.2, 0.25) is 0 Å². The molecule has 4 rings (SSSR count). The van der Waals surface area contributed by atoms with Gasteiger partial charge >= 0.3 is 177 Å². The second kappa shape index (κ2) is 8.61. The molecule has 0 aliphatic heterocycles. The van der Waals surface area contributed by atoms with E-state index >= 15 is 0 Å². The quantitative estimate of drug-likeness (QED) is 0.137. The SMILES string of the molecule is CN=C(OC(C)[I-]C1CCCCCCCC1)C12CC(NC(=O)I)(C1)C2. The molecule has 25 heavy (non-hydrogen) atoms. The molecule has 1 N–H and O–H groups in total. The summed E-state index contributed by atoms with van der Waals surface area (Å²) in [7, 11) is 1.87. The number of aliphatic imine (C=N–C) groups is 1. The predicted octanol–water partition coefficient (Wildman–Crippen LogP) is 2.04. The Morgan fingerprint density at radius 2 is 1.72 bits per heavy atom. The predicted molar refractivity (Wildman–Crippen MR) is 106 cm³/mol. The Hall–Kier alpha value is 0.400. The Bertz CT molecular complexity index is 494. The molecule has 0 aromatic heterocycles. The molecule has 4 saturated carbocycles. The molecule has 0 aromatic rings. The van der Waals surface area contributed by atoms with Crippen molar-refractivity contribution in [3.8, 4) is 0 Å². The van der Waals surface area contributed by atoms with E-state index in [1.165, 1.54) is 51.4 Å². The van der Waals surface area contributed by atoms with Crippen LogP contribution in [0.5, 0.6) is 0 Å². The van der Waals surface area contributed by atoms with Crippen LogP contribution >= 0.6 is 22.6 Å². The second-order valence-corrected chi connectivity index (χ2v) is 13.3. The van der Waals surface area contributed by atoms with Crippen LogP contribution in [0.4, 0.5) is 4.79 Å². The fourth-order valence-corrected chi connectivity index (χ4v) is 8.90. The zero-order valence-electron chi connectivity index (χ0n) is 15.5. The van der Waals surface area contributed by atoms with E-state index in [4.69, 9.17) is 4.74 Å². The van der Waals surface area contributed by atoms with Crippen molar-refractivity contribution in [3.63, 3.8) is 0 Å². The summed E-state index contributed by atoms with van der Waals surface area (Å²) < 4.78 is 7.71. The zero-order chi connectivity index (χ0) is 17.9. The summed E-state index contributed by atoms with van der Waals surface area (Å²) in [5.41, 5.74) is 0.178. The van der Waals surface area contributed by atoms with Crippen LogP contribution in [-0.2, 0) is 4.74 Å². The molecular formula is C19H31I2N2O2-. The fourth-order valence-electron chi connectivity index (χ4n) is 4.91. The van der Waals surface area contributed by atoms with E-state index in [2.05, 4.69) is 17.2 Å². The fraction of sp³-hybridized carbons (Fsp3) is 0.895. The van der Waals surface area contributed by atoms with Gasteiger partial charge in [-0.25, -0.2) is 0 Å². The number of halogens is 2. The van der Waals surface area contributed by atoms with Gasteiger partial charge in [-0.1, -0.05) is 0 Å². The number of amides is 1. The van der Waals surface area contributed by atoms with Crippen LogP contribution in [0.25, 0.3) is 0 Å². The van der Waals surface area contributed by atoms with Gasteiger partial charge in [-0.2, -0.15) is 0 Å².